The molecule has 20 heavy (non-hydrogen) atoms. The number of rotatable bonds is 6. The molecule has 0 aromatic carbocycles. The van der Waals surface area contributed by atoms with Crippen molar-refractivity contribution < 1.29 is 4.79 Å². The van der Waals surface area contributed by atoms with Gasteiger partial charge in [0.15, 0.2) is 0 Å². The Labute approximate surface area is 121 Å². The summed E-state index contributed by atoms with van der Waals surface area (Å²) in [4.78, 5) is 12.4. The first-order valence-electron chi connectivity index (χ1n) is 8.26. The molecule has 0 radical (unpaired) electrons. The lowest BCUT2D eigenvalue weighted by Gasteiger charge is -2.20. The van der Waals surface area contributed by atoms with Crippen LogP contribution in [0.3, 0.4) is 0 Å². The fourth-order valence-corrected chi connectivity index (χ4v) is 4.30. The summed E-state index contributed by atoms with van der Waals surface area (Å²) in [5.74, 6) is 2.89. The topological polar surface area (TPSA) is 34.9 Å². The van der Waals surface area contributed by atoms with Crippen molar-refractivity contribution in [3.8, 4) is 0 Å². The van der Waals surface area contributed by atoms with Gasteiger partial charge in [-0.25, -0.2) is 0 Å². The number of aromatic nitrogens is 2. The molecule has 0 amide bonds. The molecule has 3 heteroatoms. The number of carbonyl (C=O) groups excluding carboxylic acids is 1. The van der Waals surface area contributed by atoms with Crippen LogP contribution in [0.25, 0.3) is 0 Å². The summed E-state index contributed by atoms with van der Waals surface area (Å²) in [6.45, 7) is 5.07. The molecule has 110 valence electrons. The molecule has 2 bridgehead atoms. The molecule has 0 aliphatic heterocycles. The van der Waals surface area contributed by atoms with Crippen molar-refractivity contribution in [1.29, 1.82) is 0 Å². The zero-order valence-electron chi connectivity index (χ0n) is 12.8. The normalized spacial score (nSPS) is 28.2. The van der Waals surface area contributed by atoms with E-state index in [4.69, 9.17) is 0 Å². The highest BCUT2D eigenvalue weighted by Crippen LogP contribution is 2.49. The second kappa shape index (κ2) is 5.71. The van der Waals surface area contributed by atoms with Crippen LogP contribution in [0, 0.1) is 17.8 Å². The molecular weight excluding hydrogens is 248 g/mol. The lowest BCUT2D eigenvalue weighted by Crippen LogP contribution is -2.17. The fraction of sp³-hybridized carbons (Fsp3) is 0.765. The van der Waals surface area contributed by atoms with Gasteiger partial charge < -0.3 is 0 Å². The summed E-state index contributed by atoms with van der Waals surface area (Å²) in [5, 5.41) is 4.53. The third-order valence-corrected chi connectivity index (χ3v) is 5.33. The van der Waals surface area contributed by atoms with Crippen LogP contribution < -0.4 is 0 Å². The van der Waals surface area contributed by atoms with Crippen LogP contribution in [0.4, 0.5) is 0 Å². The van der Waals surface area contributed by atoms with E-state index < -0.39 is 0 Å². The molecule has 2 aliphatic carbocycles. The number of hydrogen-bond donors (Lipinski definition) is 0. The first-order chi connectivity index (χ1) is 9.69. The minimum absolute atomic E-state index is 0.416. The van der Waals surface area contributed by atoms with E-state index in [1.54, 1.807) is 0 Å². The molecule has 2 saturated carbocycles. The summed E-state index contributed by atoms with van der Waals surface area (Å²) >= 11 is 0. The third kappa shape index (κ3) is 2.68. The third-order valence-electron chi connectivity index (χ3n) is 5.33. The Morgan fingerprint density at radius 2 is 2.20 bits per heavy atom. The standard InChI is InChI=1S/C17H26N2O/c1-3-15-10-16(19(4-2)18-15)11-17(20)9-14-8-12-5-6-13(14)7-12/h10,12-14H,3-9,11H2,1-2H3. The van der Waals surface area contributed by atoms with Crippen LogP contribution in [-0.2, 0) is 24.2 Å². The van der Waals surface area contributed by atoms with Crippen LogP contribution in [0.15, 0.2) is 6.07 Å². The number of aryl methyl sites for hydroxylation is 2. The van der Waals surface area contributed by atoms with Crippen molar-refractivity contribution >= 4 is 5.78 Å². The number of ketones is 1. The van der Waals surface area contributed by atoms with Gasteiger partial charge in [0.2, 0.25) is 0 Å². The Kier molecular flexibility index (Phi) is 3.95. The lowest BCUT2D eigenvalue weighted by atomic mass is 9.84. The molecule has 3 atom stereocenters. The monoisotopic (exact) mass is 274 g/mol. The van der Waals surface area contributed by atoms with Gasteiger partial charge in [-0.3, -0.25) is 9.48 Å². The van der Waals surface area contributed by atoms with Gasteiger partial charge in [0.25, 0.3) is 0 Å². The van der Waals surface area contributed by atoms with Crippen LogP contribution in [0.1, 0.15) is 57.3 Å². The number of Topliss-reactive ketones (excluding diaryl/α,β-unsaturated/α-hetero) is 1. The lowest BCUT2D eigenvalue weighted by molar-refractivity contribution is -0.119. The minimum atomic E-state index is 0.416. The van der Waals surface area contributed by atoms with Crippen molar-refractivity contribution in [2.24, 2.45) is 17.8 Å². The van der Waals surface area contributed by atoms with E-state index in [-0.39, 0.29) is 0 Å². The second-order valence-electron chi connectivity index (χ2n) is 6.65. The highest BCUT2D eigenvalue weighted by atomic mass is 16.1. The molecule has 0 saturated heterocycles. The average molecular weight is 274 g/mol. The molecule has 1 aromatic heterocycles. The maximum atomic E-state index is 12.4. The van der Waals surface area contributed by atoms with Gasteiger partial charge in [0.1, 0.15) is 5.78 Å². The van der Waals surface area contributed by atoms with E-state index in [1.807, 2.05) is 4.68 Å². The van der Waals surface area contributed by atoms with Crippen LogP contribution >= 0.6 is 0 Å². The number of hydrogen-bond acceptors (Lipinski definition) is 2. The zero-order chi connectivity index (χ0) is 14.1. The van der Waals surface area contributed by atoms with Gasteiger partial charge in [-0.15, -0.1) is 0 Å². The number of nitrogens with zero attached hydrogens (tertiary/aromatic N) is 2. The molecule has 1 aromatic rings. The fourth-order valence-electron chi connectivity index (χ4n) is 4.30. The average Bonchev–Trinajstić information content (AvgIpc) is 3.13. The van der Waals surface area contributed by atoms with E-state index in [2.05, 4.69) is 25.0 Å². The van der Waals surface area contributed by atoms with Crippen molar-refractivity contribution in [3.05, 3.63) is 17.5 Å². The Hall–Kier alpha value is -1.12. The highest BCUT2D eigenvalue weighted by molar-refractivity contribution is 5.80. The number of carbonyl (C=O) groups is 1. The van der Waals surface area contributed by atoms with Crippen LogP contribution in [0.5, 0.6) is 0 Å². The summed E-state index contributed by atoms with van der Waals surface area (Å²) in [7, 11) is 0. The predicted octanol–water partition coefficient (Wildman–Crippen LogP) is 3.40. The van der Waals surface area contributed by atoms with E-state index in [9.17, 15) is 4.79 Å². The maximum absolute atomic E-state index is 12.4. The summed E-state index contributed by atoms with van der Waals surface area (Å²) in [6.07, 6.45) is 7.81. The predicted molar refractivity (Wildman–Crippen MR) is 79.5 cm³/mol. The van der Waals surface area contributed by atoms with Crippen LogP contribution in [0.2, 0.25) is 0 Å². The zero-order valence-corrected chi connectivity index (χ0v) is 12.8. The molecular formula is C17H26N2O. The van der Waals surface area contributed by atoms with E-state index >= 15 is 0 Å². The van der Waals surface area contributed by atoms with Crippen molar-refractivity contribution in [2.45, 2.75) is 65.3 Å². The second-order valence-corrected chi connectivity index (χ2v) is 6.65. The van der Waals surface area contributed by atoms with E-state index in [0.29, 0.717) is 18.1 Å². The SMILES string of the molecule is CCc1cc(CC(=O)CC2CC3CCC2C3)n(CC)n1. The Bertz CT molecular complexity index is 491. The molecule has 1 heterocycles. The first kappa shape index (κ1) is 13.8. The molecule has 3 unspecified atom stereocenters. The largest absolute Gasteiger partial charge is 0.299 e. The minimum Gasteiger partial charge on any atom is -0.299 e. The van der Waals surface area contributed by atoms with Gasteiger partial charge in [-0.05, 0) is 56.4 Å². The quantitative estimate of drug-likeness (QED) is 0.797. The number of fused-ring (bicyclic) bond motifs is 2. The van der Waals surface area contributed by atoms with E-state index in [0.717, 1.165) is 42.6 Å². The molecule has 0 N–H and O–H groups in total. The van der Waals surface area contributed by atoms with Gasteiger partial charge in [-0.1, -0.05) is 13.3 Å². The molecule has 2 fully saturated rings. The summed E-state index contributed by atoms with van der Waals surface area (Å²) in [6, 6.07) is 2.11. The highest BCUT2D eigenvalue weighted by Gasteiger charge is 2.39. The molecule has 2 aliphatic rings. The Morgan fingerprint density at radius 3 is 2.80 bits per heavy atom. The van der Waals surface area contributed by atoms with Crippen molar-refractivity contribution in [3.63, 3.8) is 0 Å². The van der Waals surface area contributed by atoms with Crippen molar-refractivity contribution in [1.82, 2.24) is 9.78 Å². The van der Waals surface area contributed by atoms with Gasteiger partial charge in [-0.2, -0.15) is 5.10 Å². The first-order valence-corrected chi connectivity index (χ1v) is 8.26. The summed E-state index contributed by atoms with van der Waals surface area (Å²) in [5.41, 5.74) is 2.21. The molecule has 0 spiro atoms. The van der Waals surface area contributed by atoms with Gasteiger partial charge in [0.05, 0.1) is 5.69 Å². The molecule has 3 nitrogen and oxygen atoms in total. The van der Waals surface area contributed by atoms with E-state index in [1.165, 1.54) is 25.7 Å². The molecule has 3 rings (SSSR count). The van der Waals surface area contributed by atoms with Gasteiger partial charge in [0, 0.05) is 25.1 Å². The Balaban J connectivity index is 1.60. The van der Waals surface area contributed by atoms with Crippen LogP contribution in [-0.4, -0.2) is 15.6 Å². The smallest absolute Gasteiger partial charge is 0.139 e. The van der Waals surface area contributed by atoms with Gasteiger partial charge >= 0.3 is 0 Å². The Morgan fingerprint density at radius 1 is 1.35 bits per heavy atom. The summed E-state index contributed by atoms with van der Waals surface area (Å²) < 4.78 is 2.00. The maximum Gasteiger partial charge on any atom is 0.139 e. The van der Waals surface area contributed by atoms with Crippen molar-refractivity contribution in [2.75, 3.05) is 0 Å².